The van der Waals surface area contributed by atoms with E-state index in [2.05, 4.69) is 4.74 Å². The van der Waals surface area contributed by atoms with Crippen LogP contribution in [0.15, 0.2) is 11.8 Å². The molecule has 4 nitrogen and oxygen atoms in total. The molecule has 0 spiro atoms. The monoisotopic (exact) mass is 245 g/mol. The minimum Gasteiger partial charge on any atom is -0.466 e. The Hall–Kier alpha value is -1.03. The summed E-state index contributed by atoms with van der Waals surface area (Å²) in [6.45, 7) is 2.26. The van der Waals surface area contributed by atoms with Gasteiger partial charge < -0.3 is 9.64 Å². The number of allylic oxidation sites excluding steroid dienone is 1. The van der Waals surface area contributed by atoms with Gasteiger partial charge in [-0.3, -0.25) is 4.79 Å². The van der Waals surface area contributed by atoms with Gasteiger partial charge in [-0.1, -0.05) is 0 Å². The number of likely N-dealkylation sites (tertiary alicyclic amines) is 1. The zero-order valence-electron chi connectivity index (χ0n) is 9.53. The first-order chi connectivity index (χ1) is 7.56. The number of carbonyl (C=O) groups is 2. The van der Waals surface area contributed by atoms with Gasteiger partial charge in [0, 0.05) is 18.3 Å². The molecule has 1 aliphatic rings. The van der Waals surface area contributed by atoms with Gasteiger partial charge in [-0.25, -0.2) is 4.79 Å². The molecular weight excluding hydrogens is 230 g/mol. The number of carbonyl (C=O) groups excluding carboxylic acids is 2. The number of ether oxygens (including phenoxy) is 1. The molecule has 0 N–H and O–H groups in total. The number of piperidine rings is 1. The third-order valence-electron chi connectivity index (χ3n) is 2.50. The highest BCUT2D eigenvalue weighted by Gasteiger charge is 2.25. The van der Waals surface area contributed by atoms with E-state index < -0.39 is 11.3 Å². The van der Waals surface area contributed by atoms with E-state index in [0.717, 1.165) is 12.8 Å². The first kappa shape index (κ1) is 13.0. The highest BCUT2D eigenvalue weighted by molar-refractivity contribution is 6.30. The number of hydrogen-bond donors (Lipinski definition) is 0. The molecule has 0 aromatic carbocycles. The van der Waals surface area contributed by atoms with E-state index in [4.69, 9.17) is 11.6 Å². The van der Waals surface area contributed by atoms with Gasteiger partial charge in [-0.05, 0) is 26.2 Å². The van der Waals surface area contributed by atoms with Crippen LogP contribution in [-0.2, 0) is 14.3 Å². The Kier molecular flexibility index (Phi) is 4.80. The molecule has 0 aliphatic carbocycles. The Bertz CT molecular complexity index is 312. The quantitative estimate of drug-likeness (QED) is 0.423. The summed E-state index contributed by atoms with van der Waals surface area (Å²) < 4.78 is 4.56. The molecule has 0 bridgehead atoms. The van der Waals surface area contributed by atoms with Gasteiger partial charge in [-0.15, -0.1) is 11.6 Å². The van der Waals surface area contributed by atoms with Crippen LogP contribution in [0.2, 0.25) is 0 Å². The molecule has 1 rings (SSSR count). The van der Waals surface area contributed by atoms with Crippen molar-refractivity contribution in [3.8, 4) is 0 Å². The van der Waals surface area contributed by atoms with Crippen molar-refractivity contribution in [2.24, 2.45) is 0 Å². The van der Waals surface area contributed by atoms with Gasteiger partial charge in [0.25, 0.3) is 0 Å². The molecule has 1 atom stereocenters. The number of halogens is 1. The van der Waals surface area contributed by atoms with Crippen LogP contribution in [0.3, 0.4) is 0 Å². The van der Waals surface area contributed by atoms with E-state index in [-0.39, 0.29) is 5.91 Å². The fourth-order valence-electron chi connectivity index (χ4n) is 1.67. The molecule has 1 saturated heterocycles. The first-order valence-corrected chi connectivity index (χ1v) is 5.74. The molecule has 0 radical (unpaired) electrons. The van der Waals surface area contributed by atoms with Crippen LogP contribution in [0.1, 0.15) is 26.2 Å². The average molecular weight is 246 g/mol. The van der Waals surface area contributed by atoms with E-state index in [1.165, 1.54) is 13.2 Å². The first-order valence-electron chi connectivity index (χ1n) is 5.30. The maximum Gasteiger partial charge on any atom is 0.332 e. The zero-order chi connectivity index (χ0) is 12.1. The predicted molar refractivity (Wildman–Crippen MR) is 61.0 cm³/mol. The molecule has 5 heteroatoms. The lowest BCUT2D eigenvalue weighted by Gasteiger charge is -2.30. The lowest BCUT2D eigenvalue weighted by molar-refractivity contribution is -0.135. The number of rotatable bonds is 2. The second-order valence-corrected chi connectivity index (χ2v) is 4.38. The molecule has 90 valence electrons. The molecule has 0 saturated carbocycles. The Morgan fingerprint density at radius 2 is 2.19 bits per heavy atom. The summed E-state index contributed by atoms with van der Waals surface area (Å²) >= 11 is 5.76. The Labute approximate surface area is 100 Å². The Balaban J connectivity index is 2.83. The summed E-state index contributed by atoms with van der Waals surface area (Å²) in [7, 11) is 1.32. The third-order valence-corrected chi connectivity index (χ3v) is 2.69. The number of methoxy groups -OCH3 is 1. The van der Waals surface area contributed by atoms with Crippen LogP contribution < -0.4 is 0 Å². The van der Waals surface area contributed by atoms with Crippen molar-refractivity contribution in [2.45, 2.75) is 31.6 Å². The minimum absolute atomic E-state index is 0.156. The van der Waals surface area contributed by atoms with E-state index in [1.54, 1.807) is 11.8 Å². The number of nitrogens with zero attached hydrogens (tertiary/aromatic N) is 1. The van der Waals surface area contributed by atoms with Crippen molar-refractivity contribution in [1.29, 1.82) is 0 Å². The summed E-state index contributed by atoms with van der Waals surface area (Å²) in [5, 5.41) is -0.570. The Morgan fingerprint density at radius 3 is 2.75 bits per heavy atom. The van der Waals surface area contributed by atoms with Crippen LogP contribution in [0.4, 0.5) is 0 Å². The normalized spacial score (nSPS) is 20.7. The standard InChI is InChI=1S/C11H16ClNO3/c1-8(12)11(15)13-6-4-3-5-9(13)7-10(14)16-2/h7-8H,3-6H2,1-2H3/b9-7+. The summed E-state index contributed by atoms with van der Waals surface area (Å²) in [5.74, 6) is -0.589. The molecule has 1 amide bonds. The SMILES string of the molecule is COC(=O)/C=C1\CCCCN1C(=O)C(C)Cl. The van der Waals surface area contributed by atoms with Crippen molar-refractivity contribution in [1.82, 2.24) is 4.90 Å². The third kappa shape index (κ3) is 3.23. The number of esters is 1. The fraction of sp³-hybridized carbons (Fsp3) is 0.636. The van der Waals surface area contributed by atoms with Crippen molar-refractivity contribution in [3.05, 3.63) is 11.8 Å². The molecular formula is C11H16ClNO3. The molecule has 0 aromatic heterocycles. The molecule has 16 heavy (non-hydrogen) atoms. The van der Waals surface area contributed by atoms with Crippen LogP contribution in [0.25, 0.3) is 0 Å². The molecule has 1 heterocycles. The highest BCUT2D eigenvalue weighted by atomic mass is 35.5. The number of alkyl halides is 1. The summed E-state index contributed by atoms with van der Waals surface area (Å²) in [6.07, 6.45) is 4.00. The van der Waals surface area contributed by atoms with Gasteiger partial charge in [0.1, 0.15) is 5.38 Å². The minimum atomic E-state index is -0.570. The van der Waals surface area contributed by atoms with Gasteiger partial charge in [0.05, 0.1) is 7.11 Å². The number of hydrogen-bond acceptors (Lipinski definition) is 3. The molecule has 0 aromatic rings. The van der Waals surface area contributed by atoms with Crippen LogP contribution in [0, 0.1) is 0 Å². The summed E-state index contributed by atoms with van der Waals surface area (Å²) in [5.41, 5.74) is 0.704. The van der Waals surface area contributed by atoms with Crippen molar-refractivity contribution in [3.63, 3.8) is 0 Å². The topological polar surface area (TPSA) is 46.6 Å². The zero-order valence-corrected chi connectivity index (χ0v) is 10.3. The van der Waals surface area contributed by atoms with Crippen molar-refractivity contribution < 1.29 is 14.3 Å². The van der Waals surface area contributed by atoms with Crippen LogP contribution >= 0.6 is 11.6 Å². The van der Waals surface area contributed by atoms with Crippen molar-refractivity contribution >= 4 is 23.5 Å². The second-order valence-electron chi connectivity index (χ2n) is 3.72. The molecule has 1 aliphatic heterocycles. The molecule has 1 fully saturated rings. The van der Waals surface area contributed by atoms with E-state index in [0.29, 0.717) is 18.7 Å². The van der Waals surface area contributed by atoms with Crippen LogP contribution in [0.5, 0.6) is 0 Å². The van der Waals surface area contributed by atoms with Gasteiger partial charge in [-0.2, -0.15) is 0 Å². The Morgan fingerprint density at radius 1 is 1.50 bits per heavy atom. The fourth-order valence-corrected chi connectivity index (χ4v) is 1.78. The number of amides is 1. The lowest BCUT2D eigenvalue weighted by Crippen LogP contribution is -2.38. The average Bonchev–Trinajstić information content (AvgIpc) is 2.28. The van der Waals surface area contributed by atoms with E-state index in [9.17, 15) is 9.59 Å². The predicted octanol–water partition coefficient (Wildman–Crippen LogP) is 1.68. The highest BCUT2D eigenvalue weighted by Crippen LogP contribution is 2.22. The van der Waals surface area contributed by atoms with Crippen molar-refractivity contribution in [2.75, 3.05) is 13.7 Å². The maximum absolute atomic E-state index is 11.8. The molecule has 1 unspecified atom stereocenters. The lowest BCUT2D eigenvalue weighted by atomic mass is 10.1. The van der Waals surface area contributed by atoms with Gasteiger partial charge in [0.2, 0.25) is 5.91 Å². The summed E-state index contributed by atoms with van der Waals surface area (Å²) in [6, 6.07) is 0. The second kappa shape index (κ2) is 5.89. The van der Waals surface area contributed by atoms with E-state index >= 15 is 0 Å². The summed E-state index contributed by atoms with van der Waals surface area (Å²) in [4.78, 5) is 24.5. The largest absolute Gasteiger partial charge is 0.466 e. The smallest absolute Gasteiger partial charge is 0.332 e. The van der Waals surface area contributed by atoms with Gasteiger partial charge >= 0.3 is 5.97 Å². The van der Waals surface area contributed by atoms with Crippen LogP contribution in [-0.4, -0.2) is 35.8 Å². The van der Waals surface area contributed by atoms with E-state index in [1.807, 2.05) is 0 Å². The maximum atomic E-state index is 11.8. The van der Waals surface area contributed by atoms with Gasteiger partial charge in [0.15, 0.2) is 0 Å².